The van der Waals surface area contributed by atoms with Gasteiger partial charge in [0, 0.05) is 11.6 Å². The first kappa shape index (κ1) is 15.7. The van der Waals surface area contributed by atoms with E-state index in [1.807, 2.05) is 0 Å². The molecule has 1 saturated heterocycles. The first-order valence-corrected chi connectivity index (χ1v) is 8.54. The van der Waals surface area contributed by atoms with Crippen molar-refractivity contribution in [2.45, 2.75) is 44.2 Å². The molecule has 1 amide bonds. The number of hydrogen-bond donors (Lipinski definition) is 1. The van der Waals surface area contributed by atoms with Crippen LogP contribution in [0.25, 0.3) is 5.69 Å². The van der Waals surface area contributed by atoms with Gasteiger partial charge in [0.25, 0.3) is 5.91 Å². The standard InChI is InChI=1S/C17H19N5O3/c23-16(11-5-7-13(8-6-11)21-10-18-19-20-21)22-14-4-2-1-3-12(14)9-15(22)17(24)25/h5-8,10,12,14-15H,1-4,9H2,(H,24,25)/t12-,14-,15+/m1/s1. The maximum absolute atomic E-state index is 13.0. The molecular weight excluding hydrogens is 322 g/mol. The number of tetrazole rings is 1. The van der Waals surface area contributed by atoms with Crippen molar-refractivity contribution < 1.29 is 14.7 Å². The molecule has 8 heteroatoms. The number of amides is 1. The monoisotopic (exact) mass is 341 g/mol. The van der Waals surface area contributed by atoms with E-state index in [1.54, 1.807) is 29.2 Å². The Morgan fingerprint density at radius 2 is 1.88 bits per heavy atom. The van der Waals surface area contributed by atoms with E-state index in [0.717, 1.165) is 31.4 Å². The predicted molar refractivity (Wildman–Crippen MR) is 87.1 cm³/mol. The normalized spacial score (nSPS) is 25.6. The molecule has 25 heavy (non-hydrogen) atoms. The summed E-state index contributed by atoms with van der Waals surface area (Å²) < 4.78 is 1.50. The summed E-state index contributed by atoms with van der Waals surface area (Å²) in [6.45, 7) is 0. The number of likely N-dealkylation sites (tertiary alicyclic amines) is 1. The summed E-state index contributed by atoms with van der Waals surface area (Å²) in [4.78, 5) is 26.3. The number of benzene rings is 1. The topological polar surface area (TPSA) is 101 Å². The van der Waals surface area contributed by atoms with Gasteiger partial charge >= 0.3 is 5.97 Å². The van der Waals surface area contributed by atoms with Crippen LogP contribution in [0.5, 0.6) is 0 Å². The molecule has 2 heterocycles. The third kappa shape index (κ3) is 2.77. The largest absolute Gasteiger partial charge is 0.480 e. The maximum Gasteiger partial charge on any atom is 0.326 e. The highest BCUT2D eigenvalue weighted by atomic mass is 16.4. The quantitative estimate of drug-likeness (QED) is 0.908. The summed E-state index contributed by atoms with van der Waals surface area (Å²) in [5, 5.41) is 20.6. The van der Waals surface area contributed by atoms with Gasteiger partial charge in [-0.3, -0.25) is 4.79 Å². The fourth-order valence-electron chi connectivity index (χ4n) is 4.16. The minimum atomic E-state index is -0.909. The van der Waals surface area contributed by atoms with E-state index in [9.17, 15) is 14.7 Å². The fourth-order valence-corrected chi connectivity index (χ4v) is 4.16. The highest BCUT2D eigenvalue weighted by molar-refractivity contribution is 5.97. The van der Waals surface area contributed by atoms with Gasteiger partial charge in [-0.15, -0.1) is 5.10 Å². The van der Waals surface area contributed by atoms with Gasteiger partial charge < -0.3 is 10.0 Å². The molecule has 4 rings (SSSR count). The molecule has 2 aromatic rings. The molecule has 1 aromatic heterocycles. The summed E-state index contributed by atoms with van der Waals surface area (Å²) in [6, 6.07) is 6.24. The van der Waals surface area contributed by atoms with Gasteiger partial charge in [0.2, 0.25) is 0 Å². The Hall–Kier alpha value is -2.77. The van der Waals surface area contributed by atoms with Gasteiger partial charge in [-0.2, -0.15) is 0 Å². The van der Waals surface area contributed by atoms with Crippen LogP contribution in [-0.4, -0.2) is 54.2 Å². The number of fused-ring (bicyclic) bond motifs is 1. The summed E-state index contributed by atoms with van der Waals surface area (Å²) in [5.74, 6) is -0.808. The van der Waals surface area contributed by atoms with Crippen LogP contribution in [0, 0.1) is 5.92 Å². The zero-order chi connectivity index (χ0) is 17.4. The molecule has 0 spiro atoms. The highest BCUT2D eigenvalue weighted by Gasteiger charge is 2.47. The van der Waals surface area contributed by atoms with Gasteiger partial charge in [0.1, 0.15) is 12.4 Å². The summed E-state index contributed by atoms with van der Waals surface area (Å²) in [6.07, 6.45) is 6.11. The average Bonchev–Trinajstić information content (AvgIpc) is 3.29. The number of hydrogen-bond acceptors (Lipinski definition) is 5. The third-order valence-electron chi connectivity index (χ3n) is 5.34. The zero-order valence-corrected chi connectivity index (χ0v) is 13.7. The van der Waals surface area contributed by atoms with Gasteiger partial charge in [-0.1, -0.05) is 12.8 Å². The number of carbonyl (C=O) groups excluding carboxylic acids is 1. The minimum absolute atomic E-state index is 0.0431. The molecule has 1 aliphatic carbocycles. The maximum atomic E-state index is 13.0. The second-order valence-electron chi connectivity index (χ2n) is 6.72. The van der Waals surface area contributed by atoms with Crippen LogP contribution in [0.15, 0.2) is 30.6 Å². The number of carboxylic acids is 1. The van der Waals surface area contributed by atoms with Crippen LogP contribution in [0.4, 0.5) is 0 Å². The third-order valence-corrected chi connectivity index (χ3v) is 5.34. The van der Waals surface area contributed by atoms with Gasteiger partial charge in [-0.05, 0) is 59.9 Å². The van der Waals surface area contributed by atoms with E-state index in [1.165, 1.54) is 11.0 Å². The van der Waals surface area contributed by atoms with Crippen molar-refractivity contribution >= 4 is 11.9 Å². The number of carboxylic acid groups (broad SMARTS) is 1. The molecule has 8 nitrogen and oxygen atoms in total. The molecule has 1 aromatic carbocycles. The van der Waals surface area contributed by atoms with Crippen LogP contribution in [-0.2, 0) is 4.79 Å². The average molecular weight is 341 g/mol. The second kappa shape index (κ2) is 6.27. The Morgan fingerprint density at radius 1 is 1.12 bits per heavy atom. The van der Waals surface area contributed by atoms with E-state index in [4.69, 9.17) is 0 Å². The first-order valence-electron chi connectivity index (χ1n) is 8.54. The van der Waals surface area contributed by atoms with Crippen LogP contribution in [0.2, 0.25) is 0 Å². The molecular formula is C17H19N5O3. The molecule has 0 bridgehead atoms. The summed E-state index contributed by atoms with van der Waals surface area (Å²) in [7, 11) is 0. The van der Waals surface area contributed by atoms with Crippen molar-refractivity contribution in [3.8, 4) is 5.69 Å². The van der Waals surface area contributed by atoms with Crippen LogP contribution >= 0.6 is 0 Å². The fraction of sp³-hybridized carbons (Fsp3) is 0.471. The molecule has 2 fully saturated rings. The number of aromatic nitrogens is 4. The van der Waals surface area contributed by atoms with Crippen LogP contribution in [0.3, 0.4) is 0 Å². The SMILES string of the molecule is O=C(O)[C@@H]1C[C@H]2CCCC[C@H]2N1C(=O)c1ccc(-n2cnnn2)cc1. The van der Waals surface area contributed by atoms with E-state index in [-0.39, 0.29) is 11.9 Å². The second-order valence-corrected chi connectivity index (χ2v) is 6.72. The van der Waals surface area contributed by atoms with E-state index in [0.29, 0.717) is 17.9 Å². The molecule has 1 aliphatic heterocycles. The van der Waals surface area contributed by atoms with Crippen molar-refractivity contribution in [1.29, 1.82) is 0 Å². The lowest BCUT2D eigenvalue weighted by atomic mass is 9.84. The van der Waals surface area contributed by atoms with Gasteiger partial charge in [0.05, 0.1) is 5.69 Å². The number of nitrogens with zero attached hydrogens (tertiary/aromatic N) is 5. The van der Waals surface area contributed by atoms with Crippen LogP contribution < -0.4 is 0 Å². The number of aliphatic carboxylic acids is 1. The Labute approximate surface area is 144 Å². The van der Waals surface area contributed by atoms with Crippen LogP contribution in [0.1, 0.15) is 42.5 Å². The van der Waals surface area contributed by atoms with Crippen molar-refractivity contribution in [2.75, 3.05) is 0 Å². The van der Waals surface area contributed by atoms with Gasteiger partial charge in [-0.25, -0.2) is 9.48 Å². The van der Waals surface area contributed by atoms with Crippen molar-refractivity contribution in [2.24, 2.45) is 5.92 Å². The smallest absolute Gasteiger partial charge is 0.326 e. The molecule has 1 N–H and O–H groups in total. The zero-order valence-electron chi connectivity index (χ0n) is 13.7. The Balaban J connectivity index is 1.61. The molecule has 0 radical (unpaired) electrons. The summed E-state index contributed by atoms with van der Waals surface area (Å²) in [5.41, 5.74) is 1.24. The van der Waals surface area contributed by atoms with E-state index < -0.39 is 12.0 Å². The van der Waals surface area contributed by atoms with E-state index in [2.05, 4.69) is 15.5 Å². The molecule has 130 valence electrons. The lowest BCUT2D eigenvalue weighted by molar-refractivity contribution is -0.141. The Morgan fingerprint density at radius 3 is 2.56 bits per heavy atom. The highest BCUT2D eigenvalue weighted by Crippen LogP contribution is 2.40. The van der Waals surface area contributed by atoms with Crippen molar-refractivity contribution in [1.82, 2.24) is 25.1 Å². The van der Waals surface area contributed by atoms with Gasteiger partial charge in [0.15, 0.2) is 0 Å². The molecule has 2 aliphatic rings. The van der Waals surface area contributed by atoms with E-state index >= 15 is 0 Å². The van der Waals surface area contributed by atoms with Crippen molar-refractivity contribution in [3.05, 3.63) is 36.2 Å². The summed E-state index contributed by atoms with van der Waals surface area (Å²) >= 11 is 0. The molecule has 1 saturated carbocycles. The minimum Gasteiger partial charge on any atom is -0.480 e. The first-order chi connectivity index (χ1) is 12.1. The van der Waals surface area contributed by atoms with Crippen molar-refractivity contribution in [3.63, 3.8) is 0 Å². The Kier molecular flexibility index (Phi) is 3.95. The lowest BCUT2D eigenvalue weighted by Gasteiger charge is -2.33. The molecule has 3 atom stereocenters. The Bertz CT molecular complexity index is 774. The lowest BCUT2D eigenvalue weighted by Crippen LogP contribution is -2.46. The number of rotatable bonds is 3. The molecule has 0 unspecified atom stereocenters. The number of carbonyl (C=O) groups is 2. The predicted octanol–water partition coefficient (Wildman–Crippen LogP) is 1.52.